The summed E-state index contributed by atoms with van der Waals surface area (Å²) >= 11 is 0. The van der Waals surface area contributed by atoms with Gasteiger partial charge in [-0.2, -0.15) is 0 Å². The molecule has 2 unspecified atom stereocenters. The van der Waals surface area contributed by atoms with Gasteiger partial charge >= 0.3 is 5.97 Å². The van der Waals surface area contributed by atoms with Crippen molar-refractivity contribution >= 4 is 11.9 Å². The van der Waals surface area contributed by atoms with Gasteiger partial charge in [0, 0.05) is 6.04 Å². The predicted molar refractivity (Wildman–Crippen MR) is 66.8 cm³/mol. The lowest BCUT2D eigenvalue weighted by atomic mass is 9.85. The van der Waals surface area contributed by atoms with E-state index in [4.69, 9.17) is 4.52 Å². The molecule has 1 aromatic rings. The van der Waals surface area contributed by atoms with E-state index in [-0.39, 0.29) is 11.9 Å². The molecule has 0 spiro atoms. The summed E-state index contributed by atoms with van der Waals surface area (Å²) in [5, 5.41) is 15.9. The lowest BCUT2D eigenvalue weighted by Crippen LogP contribution is -2.47. The number of nitrogens with one attached hydrogen (secondary N) is 1. The highest BCUT2D eigenvalue weighted by atomic mass is 16.5. The van der Waals surface area contributed by atoms with Crippen LogP contribution in [0, 0.1) is 19.3 Å². The number of aromatic nitrogens is 1. The summed E-state index contributed by atoms with van der Waals surface area (Å²) in [5.74, 6) is -0.727. The number of hydrogen-bond donors (Lipinski definition) is 2. The van der Waals surface area contributed by atoms with E-state index in [1.807, 2.05) is 0 Å². The molecule has 6 heteroatoms. The van der Waals surface area contributed by atoms with Gasteiger partial charge in [0.2, 0.25) is 0 Å². The standard InChI is InChI=1S/C13H18N2O4/c1-7-10(8(2)19-15-7)11(16)14-9-5-4-6-13(9,3)12(17)18/h9H,4-6H2,1-3H3,(H,14,16)(H,17,18). The molecule has 6 nitrogen and oxygen atoms in total. The smallest absolute Gasteiger partial charge is 0.311 e. The van der Waals surface area contributed by atoms with E-state index in [1.165, 1.54) is 0 Å². The zero-order chi connectivity index (χ0) is 14.2. The highest BCUT2D eigenvalue weighted by molar-refractivity contribution is 5.96. The third-order valence-electron chi connectivity index (χ3n) is 4.01. The van der Waals surface area contributed by atoms with E-state index in [0.717, 1.165) is 6.42 Å². The van der Waals surface area contributed by atoms with Crippen molar-refractivity contribution in [2.24, 2.45) is 5.41 Å². The van der Waals surface area contributed by atoms with Crippen LogP contribution >= 0.6 is 0 Å². The van der Waals surface area contributed by atoms with Crippen molar-refractivity contribution in [2.45, 2.75) is 46.1 Å². The fourth-order valence-electron chi connectivity index (χ4n) is 2.69. The Bertz CT molecular complexity index is 503. The van der Waals surface area contributed by atoms with Gasteiger partial charge in [0.25, 0.3) is 5.91 Å². The molecule has 1 amide bonds. The number of rotatable bonds is 3. The van der Waals surface area contributed by atoms with Crippen LogP contribution in [0.15, 0.2) is 4.52 Å². The van der Waals surface area contributed by atoms with Crippen molar-refractivity contribution < 1.29 is 19.2 Å². The number of amides is 1. The molecule has 1 heterocycles. The van der Waals surface area contributed by atoms with Crippen molar-refractivity contribution in [1.82, 2.24) is 10.5 Å². The molecule has 2 atom stereocenters. The van der Waals surface area contributed by atoms with Gasteiger partial charge in [0.15, 0.2) is 0 Å². The van der Waals surface area contributed by atoms with Gasteiger partial charge < -0.3 is 14.9 Å². The largest absolute Gasteiger partial charge is 0.481 e. The van der Waals surface area contributed by atoms with E-state index < -0.39 is 11.4 Å². The maximum absolute atomic E-state index is 12.2. The summed E-state index contributed by atoms with van der Waals surface area (Å²) in [7, 11) is 0. The number of carboxylic acids is 1. The number of carboxylic acid groups (broad SMARTS) is 1. The molecule has 1 aliphatic carbocycles. The number of carbonyl (C=O) groups excluding carboxylic acids is 1. The van der Waals surface area contributed by atoms with Crippen LogP contribution in [0.1, 0.15) is 48.0 Å². The number of carbonyl (C=O) groups is 2. The molecule has 0 saturated heterocycles. The summed E-state index contributed by atoms with van der Waals surface area (Å²) in [6.45, 7) is 5.04. The van der Waals surface area contributed by atoms with Crippen LogP contribution in [0.25, 0.3) is 0 Å². The van der Waals surface area contributed by atoms with Crippen LogP contribution in [-0.4, -0.2) is 28.2 Å². The highest BCUT2D eigenvalue weighted by Gasteiger charge is 2.46. The van der Waals surface area contributed by atoms with E-state index in [2.05, 4.69) is 10.5 Å². The first-order valence-corrected chi connectivity index (χ1v) is 6.33. The second-order valence-corrected chi connectivity index (χ2v) is 5.34. The van der Waals surface area contributed by atoms with Crippen LogP contribution in [0.5, 0.6) is 0 Å². The molecule has 2 rings (SSSR count). The van der Waals surface area contributed by atoms with Gasteiger partial charge in [-0.15, -0.1) is 0 Å². The molecule has 1 aromatic heterocycles. The lowest BCUT2D eigenvalue weighted by molar-refractivity contribution is -0.148. The first kappa shape index (κ1) is 13.6. The molecule has 0 aliphatic heterocycles. The first-order valence-electron chi connectivity index (χ1n) is 6.33. The summed E-state index contributed by atoms with van der Waals surface area (Å²) in [6.07, 6.45) is 2.06. The first-order chi connectivity index (χ1) is 8.86. The van der Waals surface area contributed by atoms with Crippen LogP contribution < -0.4 is 5.32 Å². The average molecular weight is 266 g/mol. The van der Waals surface area contributed by atoms with Crippen LogP contribution in [0.2, 0.25) is 0 Å². The predicted octanol–water partition coefficient (Wildman–Crippen LogP) is 1.66. The van der Waals surface area contributed by atoms with E-state index >= 15 is 0 Å². The van der Waals surface area contributed by atoms with Crippen molar-refractivity contribution in [1.29, 1.82) is 0 Å². The minimum Gasteiger partial charge on any atom is -0.481 e. The number of aryl methyl sites for hydroxylation is 2. The topological polar surface area (TPSA) is 92.4 Å². The molecular weight excluding hydrogens is 248 g/mol. The van der Waals surface area contributed by atoms with Gasteiger partial charge in [-0.1, -0.05) is 11.6 Å². The Balaban J connectivity index is 2.18. The Morgan fingerprint density at radius 1 is 1.47 bits per heavy atom. The summed E-state index contributed by atoms with van der Waals surface area (Å²) in [6, 6.07) is -0.355. The molecular formula is C13H18N2O4. The molecule has 2 N–H and O–H groups in total. The maximum atomic E-state index is 12.2. The van der Waals surface area contributed by atoms with Gasteiger partial charge in [0.1, 0.15) is 11.3 Å². The second kappa shape index (κ2) is 4.68. The quantitative estimate of drug-likeness (QED) is 0.868. The molecule has 1 aliphatic rings. The number of hydrogen-bond acceptors (Lipinski definition) is 4. The van der Waals surface area contributed by atoms with Crippen LogP contribution in [0.3, 0.4) is 0 Å². The zero-order valence-electron chi connectivity index (χ0n) is 11.3. The monoisotopic (exact) mass is 266 g/mol. The highest BCUT2D eigenvalue weighted by Crippen LogP contribution is 2.38. The Hall–Kier alpha value is -1.85. The van der Waals surface area contributed by atoms with Gasteiger partial charge in [-0.3, -0.25) is 9.59 Å². The normalized spacial score (nSPS) is 26.4. The van der Waals surface area contributed by atoms with Gasteiger partial charge in [0.05, 0.1) is 11.1 Å². The van der Waals surface area contributed by atoms with E-state index in [0.29, 0.717) is 29.9 Å². The van der Waals surface area contributed by atoms with Crippen LogP contribution in [-0.2, 0) is 4.79 Å². The van der Waals surface area contributed by atoms with Crippen molar-refractivity contribution in [3.8, 4) is 0 Å². The molecule has 0 aromatic carbocycles. The Morgan fingerprint density at radius 3 is 2.68 bits per heavy atom. The Kier molecular flexibility index (Phi) is 3.34. The Morgan fingerprint density at radius 2 is 2.16 bits per heavy atom. The molecule has 104 valence electrons. The van der Waals surface area contributed by atoms with Gasteiger partial charge in [-0.25, -0.2) is 0 Å². The summed E-state index contributed by atoms with van der Waals surface area (Å²) in [4.78, 5) is 23.6. The minimum atomic E-state index is -0.894. The third kappa shape index (κ3) is 2.22. The molecule has 1 saturated carbocycles. The average Bonchev–Trinajstić information content (AvgIpc) is 2.85. The van der Waals surface area contributed by atoms with Crippen molar-refractivity contribution in [3.63, 3.8) is 0 Å². The van der Waals surface area contributed by atoms with E-state index in [1.54, 1.807) is 20.8 Å². The van der Waals surface area contributed by atoms with Crippen molar-refractivity contribution in [2.75, 3.05) is 0 Å². The summed E-state index contributed by atoms with van der Waals surface area (Å²) in [5.41, 5.74) is 0.0268. The Labute approximate surface area is 111 Å². The van der Waals surface area contributed by atoms with E-state index in [9.17, 15) is 14.7 Å². The fraction of sp³-hybridized carbons (Fsp3) is 0.615. The fourth-order valence-corrected chi connectivity index (χ4v) is 2.69. The maximum Gasteiger partial charge on any atom is 0.311 e. The third-order valence-corrected chi connectivity index (χ3v) is 4.01. The molecule has 0 radical (unpaired) electrons. The molecule has 0 bridgehead atoms. The minimum absolute atomic E-state index is 0.310. The molecule has 1 fully saturated rings. The number of nitrogens with zero attached hydrogens (tertiary/aromatic N) is 1. The summed E-state index contributed by atoms with van der Waals surface area (Å²) < 4.78 is 4.95. The zero-order valence-corrected chi connectivity index (χ0v) is 11.3. The lowest BCUT2D eigenvalue weighted by Gasteiger charge is -2.27. The number of aliphatic carboxylic acids is 1. The van der Waals surface area contributed by atoms with Gasteiger partial charge in [-0.05, 0) is 33.6 Å². The van der Waals surface area contributed by atoms with Crippen LogP contribution in [0.4, 0.5) is 0 Å². The molecule has 19 heavy (non-hydrogen) atoms. The SMILES string of the molecule is Cc1noc(C)c1C(=O)NC1CCCC1(C)C(=O)O. The van der Waals surface area contributed by atoms with Crippen molar-refractivity contribution in [3.05, 3.63) is 17.0 Å². The second-order valence-electron chi connectivity index (χ2n) is 5.34.